The molecular weight excluding hydrogens is 396 g/mol. The van der Waals surface area contributed by atoms with E-state index in [1.165, 1.54) is 6.07 Å². The Hall–Kier alpha value is -3.93. The number of fused-ring (bicyclic) bond motifs is 1. The second-order valence-electron chi connectivity index (χ2n) is 6.88. The molecule has 1 N–H and O–H groups in total. The third kappa shape index (κ3) is 4.33. The highest BCUT2D eigenvalue weighted by Crippen LogP contribution is 2.38. The fourth-order valence-corrected chi connectivity index (χ4v) is 3.28. The van der Waals surface area contributed by atoms with Crippen LogP contribution in [0.2, 0.25) is 0 Å². The number of hydrogen-bond acceptors (Lipinski definition) is 6. The Bertz CT molecular complexity index is 1210. The van der Waals surface area contributed by atoms with E-state index in [-0.39, 0.29) is 17.9 Å². The number of ether oxygens (including phenoxy) is 3. The molecule has 0 radical (unpaired) electrons. The number of rotatable bonds is 7. The summed E-state index contributed by atoms with van der Waals surface area (Å²) < 4.78 is 22.3. The van der Waals surface area contributed by atoms with E-state index in [0.29, 0.717) is 34.8 Å². The first-order valence-electron chi connectivity index (χ1n) is 9.88. The van der Waals surface area contributed by atoms with Crippen molar-refractivity contribution in [1.29, 1.82) is 0 Å². The van der Waals surface area contributed by atoms with Crippen molar-refractivity contribution in [2.75, 3.05) is 13.7 Å². The molecule has 6 heteroatoms. The van der Waals surface area contributed by atoms with Gasteiger partial charge < -0.3 is 23.7 Å². The molecule has 0 aliphatic heterocycles. The van der Waals surface area contributed by atoms with E-state index >= 15 is 0 Å². The Morgan fingerprint density at radius 1 is 1.00 bits per heavy atom. The normalized spacial score (nSPS) is 10.8. The Morgan fingerprint density at radius 3 is 2.55 bits per heavy atom. The van der Waals surface area contributed by atoms with E-state index in [0.717, 1.165) is 11.1 Å². The second-order valence-corrected chi connectivity index (χ2v) is 6.88. The maximum Gasteiger partial charge on any atom is 0.338 e. The van der Waals surface area contributed by atoms with Gasteiger partial charge in [0.25, 0.3) is 0 Å². The van der Waals surface area contributed by atoms with Crippen LogP contribution >= 0.6 is 0 Å². The van der Waals surface area contributed by atoms with Crippen molar-refractivity contribution < 1.29 is 28.5 Å². The summed E-state index contributed by atoms with van der Waals surface area (Å²) in [6.45, 7) is 2.41. The molecule has 0 bridgehead atoms. The van der Waals surface area contributed by atoms with Crippen LogP contribution in [0.15, 0.2) is 71.1 Å². The van der Waals surface area contributed by atoms with Gasteiger partial charge in [-0.15, -0.1) is 0 Å². The molecule has 0 amide bonds. The number of hydrogen-bond donors (Lipinski definition) is 1. The Labute approximate surface area is 179 Å². The molecule has 0 unspecified atom stereocenters. The van der Waals surface area contributed by atoms with E-state index in [2.05, 4.69) is 0 Å². The molecule has 6 nitrogen and oxygen atoms in total. The van der Waals surface area contributed by atoms with E-state index in [4.69, 9.17) is 18.6 Å². The first kappa shape index (κ1) is 20.3. The number of aromatic hydroxyl groups is 1. The van der Waals surface area contributed by atoms with Gasteiger partial charge in [-0.1, -0.05) is 30.3 Å². The number of furan rings is 1. The fraction of sp³-hybridized carbons (Fsp3) is 0.160. The molecule has 1 heterocycles. The second kappa shape index (κ2) is 8.83. The van der Waals surface area contributed by atoms with Crippen LogP contribution < -0.4 is 9.47 Å². The Balaban J connectivity index is 1.62. The van der Waals surface area contributed by atoms with Crippen LogP contribution in [0.1, 0.15) is 22.8 Å². The van der Waals surface area contributed by atoms with Gasteiger partial charge in [-0.2, -0.15) is 0 Å². The summed E-state index contributed by atoms with van der Waals surface area (Å²) in [5.41, 5.74) is 2.36. The molecule has 0 fully saturated rings. The molecule has 0 spiro atoms. The average Bonchev–Trinajstić information content (AvgIpc) is 3.23. The summed E-state index contributed by atoms with van der Waals surface area (Å²) in [7, 11) is 1.57. The van der Waals surface area contributed by atoms with Crippen LogP contribution in [0.4, 0.5) is 0 Å². The number of carbonyl (C=O) groups is 1. The van der Waals surface area contributed by atoms with Crippen LogP contribution in [0.5, 0.6) is 17.2 Å². The first-order valence-corrected chi connectivity index (χ1v) is 9.88. The third-order valence-electron chi connectivity index (χ3n) is 4.79. The molecule has 0 aliphatic carbocycles. The molecule has 31 heavy (non-hydrogen) atoms. The van der Waals surface area contributed by atoms with Crippen molar-refractivity contribution in [3.8, 4) is 28.6 Å². The van der Waals surface area contributed by atoms with E-state index in [1.54, 1.807) is 32.2 Å². The number of carbonyl (C=O) groups excluding carboxylic acids is 1. The van der Waals surface area contributed by atoms with Gasteiger partial charge >= 0.3 is 5.97 Å². The van der Waals surface area contributed by atoms with Crippen LogP contribution in [0.3, 0.4) is 0 Å². The van der Waals surface area contributed by atoms with E-state index in [1.807, 2.05) is 42.5 Å². The molecule has 1 aromatic heterocycles. The minimum Gasteiger partial charge on any atom is -0.504 e. The van der Waals surface area contributed by atoms with Gasteiger partial charge in [0, 0.05) is 10.9 Å². The van der Waals surface area contributed by atoms with Crippen molar-refractivity contribution in [1.82, 2.24) is 0 Å². The van der Waals surface area contributed by atoms with Crippen molar-refractivity contribution in [2.24, 2.45) is 0 Å². The summed E-state index contributed by atoms with van der Waals surface area (Å²) in [4.78, 5) is 12.0. The van der Waals surface area contributed by atoms with Crippen LogP contribution in [-0.2, 0) is 11.3 Å². The van der Waals surface area contributed by atoms with Gasteiger partial charge in [0.15, 0.2) is 22.8 Å². The SMILES string of the molecule is CCOC(=O)c1cc(O)c2oc(-c3ccc(OCc4ccccc4)c(OC)c3)cc2c1. The van der Waals surface area contributed by atoms with Gasteiger partial charge in [0.2, 0.25) is 0 Å². The molecule has 0 saturated carbocycles. The molecule has 3 aromatic carbocycles. The average molecular weight is 418 g/mol. The minimum atomic E-state index is -0.496. The zero-order valence-electron chi connectivity index (χ0n) is 17.3. The monoisotopic (exact) mass is 418 g/mol. The number of phenolic OH excluding ortho intramolecular Hbond substituents is 1. The lowest BCUT2D eigenvalue weighted by Gasteiger charge is -2.11. The van der Waals surface area contributed by atoms with Crippen molar-refractivity contribution in [3.05, 3.63) is 77.9 Å². The zero-order valence-corrected chi connectivity index (χ0v) is 17.3. The Morgan fingerprint density at radius 2 is 1.81 bits per heavy atom. The maximum absolute atomic E-state index is 12.0. The van der Waals surface area contributed by atoms with Gasteiger partial charge in [-0.3, -0.25) is 0 Å². The summed E-state index contributed by atoms with van der Waals surface area (Å²) in [6.07, 6.45) is 0. The molecule has 4 aromatic rings. The van der Waals surface area contributed by atoms with Crippen molar-refractivity contribution in [2.45, 2.75) is 13.5 Å². The molecule has 4 rings (SSSR count). The highest BCUT2D eigenvalue weighted by Gasteiger charge is 2.16. The molecule has 0 atom stereocenters. The highest BCUT2D eigenvalue weighted by molar-refractivity contribution is 5.97. The van der Waals surface area contributed by atoms with Gasteiger partial charge in [-0.05, 0) is 48.9 Å². The third-order valence-corrected chi connectivity index (χ3v) is 4.79. The number of esters is 1. The lowest BCUT2D eigenvalue weighted by molar-refractivity contribution is 0.0526. The number of benzene rings is 3. The Kier molecular flexibility index (Phi) is 5.80. The molecule has 0 saturated heterocycles. The van der Waals surface area contributed by atoms with Gasteiger partial charge in [0.05, 0.1) is 19.3 Å². The first-order chi connectivity index (χ1) is 15.1. The van der Waals surface area contributed by atoms with Crippen LogP contribution in [0.25, 0.3) is 22.3 Å². The quantitative estimate of drug-likeness (QED) is 0.395. The standard InChI is InChI=1S/C25H22O6/c1-3-29-25(27)19-11-18-14-22(31-24(18)20(26)12-19)17-9-10-21(23(13-17)28-2)30-15-16-7-5-4-6-8-16/h4-14,26H,3,15H2,1-2H3. The lowest BCUT2D eigenvalue weighted by Crippen LogP contribution is -2.04. The predicted octanol–water partition coefficient (Wildman–Crippen LogP) is 5.57. The molecule has 158 valence electrons. The van der Waals surface area contributed by atoms with Crippen molar-refractivity contribution in [3.63, 3.8) is 0 Å². The molecule has 0 aliphatic rings. The van der Waals surface area contributed by atoms with Crippen LogP contribution in [-0.4, -0.2) is 24.8 Å². The summed E-state index contributed by atoms with van der Waals surface area (Å²) >= 11 is 0. The smallest absolute Gasteiger partial charge is 0.338 e. The van der Waals surface area contributed by atoms with Gasteiger partial charge in [0.1, 0.15) is 12.4 Å². The van der Waals surface area contributed by atoms with Gasteiger partial charge in [-0.25, -0.2) is 4.79 Å². The largest absolute Gasteiger partial charge is 0.504 e. The number of phenols is 1. The summed E-state index contributed by atoms with van der Waals surface area (Å²) in [5.74, 6) is 1.08. The summed E-state index contributed by atoms with van der Waals surface area (Å²) in [5, 5.41) is 10.9. The highest BCUT2D eigenvalue weighted by atomic mass is 16.5. The predicted molar refractivity (Wildman–Crippen MR) is 117 cm³/mol. The van der Waals surface area contributed by atoms with Crippen molar-refractivity contribution >= 4 is 16.9 Å². The van der Waals surface area contributed by atoms with E-state index in [9.17, 15) is 9.90 Å². The fourth-order valence-electron chi connectivity index (χ4n) is 3.28. The summed E-state index contributed by atoms with van der Waals surface area (Å²) in [6, 6.07) is 20.1. The van der Waals surface area contributed by atoms with E-state index < -0.39 is 5.97 Å². The number of methoxy groups -OCH3 is 1. The minimum absolute atomic E-state index is 0.124. The molecular formula is C25H22O6. The topological polar surface area (TPSA) is 78.1 Å². The van der Waals surface area contributed by atoms with Crippen LogP contribution in [0, 0.1) is 0 Å². The lowest BCUT2D eigenvalue weighted by atomic mass is 10.1. The maximum atomic E-state index is 12.0. The zero-order chi connectivity index (χ0) is 21.8.